The Labute approximate surface area is 105 Å². The van der Waals surface area contributed by atoms with Crippen LogP contribution in [0.5, 0.6) is 0 Å². The van der Waals surface area contributed by atoms with Crippen LogP contribution in [0.4, 0.5) is 0 Å². The van der Waals surface area contributed by atoms with E-state index in [0.29, 0.717) is 6.04 Å². The van der Waals surface area contributed by atoms with E-state index in [1.54, 1.807) is 0 Å². The van der Waals surface area contributed by atoms with Crippen molar-refractivity contribution in [1.82, 2.24) is 10.6 Å². The second kappa shape index (κ2) is 6.39. The fourth-order valence-corrected chi connectivity index (χ4v) is 3.20. The SMILES string of the molecule is CCCC1CCC(NC(=O)C2CCNC2)CC1. The first kappa shape index (κ1) is 12.9. The Kier molecular flexibility index (Phi) is 4.84. The third-order valence-corrected chi connectivity index (χ3v) is 4.32. The van der Waals surface area contributed by atoms with Gasteiger partial charge in [-0.15, -0.1) is 0 Å². The minimum absolute atomic E-state index is 0.225. The lowest BCUT2D eigenvalue weighted by Crippen LogP contribution is -2.41. The molecule has 0 spiro atoms. The second-order valence-corrected chi connectivity index (χ2v) is 5.70. The first-order valence-electron chi connectivity index (χ1n) is 7.30. The summed E-state index contributed by atoms with van der Waals surface area (Å²) in [5.74, 6) is 1.43. The fourth-order valence-electron chi connectivity index (χ4n) is 3.20. The number of amides is 1. The molecule has 1 aliphatic carbocycles. The highest BCUT2D eigenvalue weighted by Crippen LogP contribution is 2.27. The van der Waals surface area contributed by atoms with Gasteiger partial charge in [0.1, 0.15) is 0 Å². The normalized spacial score (nSPS) is 33.6. The Morgan fingerprint density at radius 1 is 1.24 bits per heavy atom. The predicted octanol–water partition coefficient (Wildman–Crippen LogP) is 2.07. The zero-order valence-corrected chi connectivity index (χ0v) is 11.0. The van der Waals surface area contributed by atoms with Crippen molar-refractivity contribution >= 4 is 5.91 Å². The van der Waals surface area contributed by atoms with Gasteiger partial charge in [0.15, 0.2) is 0 Å². The quantitative estimate of drug-likeness (QED) is 0.787. The summed E-state index contributed by atoms with van der Waals surface area (Å²) in [6, 6.07) is 0.455. The van der Waals surface area contributed by atoms with E-state index in [4.69, 9.17) is 0 Å². The number of hydrogen-bond acceptors (Lipinski definition) is 2. The van der Waals surface area contributed by atoms with Crippen LogP contribution in [0.1, 0.15) is 51.9 Å². The molecule has 1 saturated carbocycles. The molecule has 1 unspecified atom stereocenters. The molecular weight excluding hydrogens is 212 g/mol. The largest absolute Gasteiger partial charge is 0.353 e. The van der Waals surface area contributed by atoms with E-state index >= 15 is 0 Å². The van der Waals surface area contributed by atoms with E-state index in [2.05, 4.69) is 17.6 Å². The summed E-state index contributed by atoms with van der Waals surface area (Å²) in [4.78, 5) is 12.0. The van der Waals surface area contributed by atoms with E-state index in [9.17, 15) is 4.79 Å². The molecule has 3 nitrogen and oxygen atoms in total. The highest BCUT2D eigenvalue weighted by molar-refractivity contribution is 5.79. The number of carbonyl (C=O) groups excluding carboxylic acids is 1. The molecule has 1 heterocycles. The number of nitrogens with one attached hydrogen (secondary N) is 2. The van der Waals surface area contributed by atoms with Crippen LogP contribution in [-0.2, 0) is 4.79 Å². The van der Waals surface area contributed by atoms with Gasteiger partial charge in [0.2, 0.25) is 5.91 Å². The van der Waals surface area contributed by atoms with Crippen molar-refractivity contribution in [2.45, 2.75) is 57.9 Å². The zero-order chi connectivity index (χ0) is 12.1. The van der Waals surface area contributed by atoms with Gasteiger partial charge in [-0.1, -0.05) is 19.8 Å². The van der Waals surface area contributed by atoms with Gasteiger partial charge >= 0.3 is 0 Å². The van der Waals surface area contributed by atoms with Crippen LogP contribution in [0.15, 0.2) is 0 Å². The predicted molar refractivity (Wildman–Crippen MR) is 69.8 cm³/mol. The van der Waals surface area contributed by atoms with Crippen LogP contribution < -0.4 is 10.6 Å². The van der Waals surface area contributed by atoms with Gasteiger partial charge in [-0.3, -0.25) is 4.79 Å². The van der Waals surface area contributed by atoms with E-state index in [1.807, 2.05) is 0 Å². The standard InChI is InChI=1S/C14H26N2O/c1-2-3-11-4-6-13(7-5-11)16-14(17)12-8-9-15-10-12/h11-13,15H,2-10H2,1H3,(H,16,17). The molecule has 1 aliphatic heterocycles. The molecule has 1 amide bonds. The molecule has 1 atom stereocenters. The maximum absolute atomic E-state index is 12.0. The van der Waals surface area contributed by atoms with E-state index in [0.717, 1.165) is 25.4 Å². The van der Waals surface area contributed by atoms with Gasteiger partial charge in [0.05, 0.1) is 5.92 Å². The van der Waals surface area contributed by atoms with Gasteiger partial charge in [-0.25, -0.2) is 0 Å². The Morgan fingerprint density at radius 2 is 2.00 bits per heavy atom. The summed E-state index contributed by atoms with van der Waals surface area (Å²) >= 11 is 0. The molecule has 3 heteroatoms. The van der Waals surface area contributed by atoms with Crippen molar-refractivity contribution in [2.75, 3.05) is 13.1 Å². The van der Waals surface area contributed by atoms with Crippen molar-refractivity contribution in [3.05, 3.63) is 0 Å². The highest BCUT2D eigenvalue weighted by Gasteiger charge is 2.26. The zero-order valence-electron chi connectivity index (χ0n) is 11.0. The summed E-state index contributed by atoms with van der Waals surface area (Å²) in [7, 11) is 0. The van der Waals surface area contributed by atoms with Crippen LogP contribution >= 0.6 is 0 Å². The summed E-state index contributed by atoms with van der Waals surface area (Å²) in [6.07, 6.45) is 8.68. The molecule has 2 N–H and O–H groups in total. The Bertz CT molecular complexity index is 241. The monoisotopic (exact) mass is 238 g/mol. The molecule has 1 saturated heterocycles. The molecule has 2 aliphatic rings. The number of rotatable bonds is 4. The topological polar surface area (TPSA) is 41.1 Å². The number of carbonyl (C=O) groups is 1. The summed E-state index contributed by atoms with van der Waals surface area (Å²) in [6.45, 7) is 4.14. The molecule has 2 fully saturated rings. The molecule has 0 radical (unpaired) electrons. The summed E-state index contributed by atoms with van der Waals surface area (Å²) in [5.41, 5.74) is 0. The van der Waals surface area contributed by atoms with Crippen molar-refractivity contribution in [2.24, 2.45) is 11.8 Å². The maximum Gasteiger partial charge on any atom is 0.224 e. The van der Waals surface area contributed by atoms with Crippen LogP contribution in [0, 0.1) is 11.8 Å². The first-order valence-corrected chi connectivity index (χ1v) is 7.30. The lowest BCUT2D eigenvalue weighted by Gasteiger charge is -2.29. The van der Waals surface area contributed by atoms with E-state index in [-0.39, 0.29) is 11.8 Å². The Balaban J connectivity index is 1.68. The van der Waals surface area contributed by atoms with Crippen LogP contribution in [0.2, 0.25) is 0 Å². The summed E-state index contributed by atoms with van der Waals surface area (Å²) < 4.78 is 0. The minimum Gasteiger partial charge on any atom is -0.353 e. The molecule has 0 aromatic rings. The Hall–Kier alpha value is -0.570. The minimum atomic E-state index is 0.225. The first-order chi connectivity index (χ1) is 8.29. The molecular formula is C14H26N2O. The lowest BCUT2D eigenvalue weighted by molar-refractivity contribution is -0.125. The van der Waals surface area contributed by atoms with Gasteiger partial charge in [0, 0.05) is 12.6 Å². The Morgan fingerprint density at radius 3 is 2.59 bits per heavy atom. The molecule has 0 aromatic carbocycles. The molecule has 0 aromatic heterocycles. The van der Waals surface area contributed by atoms with Crippen molar-refractivity contribution in [3.8, 4) is 0 Å². The van der Waals surface area contributed by atoms with E-state index < -0.39 is 0 Å². The van der Waals surface area contributed by atoms with Crippen molar-refractivity contribution in [3.63, 3.8) is 0 Å². The molecule has 0 bridgehead atoms. The van der Waals surface area contributed by atoms with Gasteiger partial charge in [-0.2, -0.15) is 0 Å². The van der Waals surface area contributed by atoms with Gasteiger partial charge in [-0.05, 0) is 44.6 Å². The van der Waals surface area contributed by atoms with Crippen LogP contribution in [0.25, 0.3) is 0 Å². The third-order valence-electron chi connectivity index (χ3n) is 4.32. The molecule has 98 valence electrons. The number of hydrogen-bond donors (Lipinski definition) is 2. The third kappa shape index (κ3) is 3.70. The van der Waals surface area contributed by atoms with Crippen LogP contribution in [0.3, 0.4) is 0 Å². The van der Waals surface area contributed by atoms with Crippen molar-refractivity contribution in [1.29, 1.82) is 0 Å². The average Bonchev–Trinajstić information content (AvgIpc) is 2.86. The maximum atomic E-state index is 12.0. The van der Waals surface area contributed by atoms with Crippen molar-refractivity contribution < 1.29 is 4.79 Å². The van der Waals surface area contributed by atoms with E-state index in [1.165, 1.54) is 38.5 Å². The average molecular weight is 238 g/mol. The lowest BCUT2D eigenvalue weighted by atomic mass is 9.83. The fraction of sp³-hybridized carbons (Fsp3) is 0.929. The highest BCUT2D eigenvalue weighted by atomic mass is 16.2. The van der Waals surface area contributed by atoms with Crippen LogP contribution in [-0.4, -0.2) is 25.0 Å². The second-order valence-electron chi connectivity index (χ2n) is 5.70. The van der Waals surface area contributed by atoms with Gasteiger partial charge < -0.3 is 10.6 Å². The summed E-state index contributed by atoms with van der Waals surface area (Å²) in [5, 5.41) is 6.50. The molecule has 2 rings (SSSR count). The van der Waals surface area contributed by atoms with Gasteiger partial charge in [0.25, 0.3) is 0 Å². The molecule has 17 heavy (non-hydrogen) atoms. The smallest absolute Gasteiger partial charge is 0.224 e.